The molecular weight excluding hydrogens is 216 g/mol. The molecule has 2 rings (SSSR count). The van der Waals surface area contributed by atoms with Gasteiger partial charge in [0.15, 0.2) is 5.69 Å². The summed E-state index contributed by atoms with van der Waals surface area (Å²) in [5.41, 5.74) is 0.169. The van der Waals surface area contributed by atoms with Gasteiger partial charge < -0.3 is 10.0 Å². The second-order valence-electron chi connectivity index (χ2n) is 4.70. The van der Waals surface area contributed by atoms with E-state index in [0.717, 1.165) is 32.4 Å². The molecule has 1 fully saturated rings. The van der Waals surface area contributed by atoms with Crippen molar-refractivity contribution in [3.8, 4) is 5.75 Å². The zero-order chi connectivity index (χ0) is 12.3. The number of aromatic nitrogens is 1. The molecule has 2 heterocycles. The van der Waals surface area contributed by atoms with E-state index in [1.54, 1.807) is 11.0 Å². The molecular formula is C13H18N2O2. The van der Waals surface area contributed by atoms with Crippen LogP contribution in [0.1, 0.15) is 36.7 Å². The van der Waals surface area contributed by atoms with Crippen LogP contribution in [0.4, 0.5) is 0 Å². The lowest BCUT2D eigenvalue weighted by molar-refractivity contribution is 0.0751. The van der Waals surface area contributed by atoms with Gasteiger partial charge in [0, 0.05) is 19.3 Å². The molecule has 0 spiro atoms. The highest BCUT2D eigenvalue weighted by molar-refractivity contribution is 5.94. The average Bonchev–Trinajstić information content (AvgIpc) is 2.54. The van der Waals surface area contributed by atoms with Crippen LogP contribution in [0.2, 0.25) is 0 Å². The molecule has 1 aliphatic rings. The summed E-state index contributed by atoms with van der Waals surface area (Å²) in [4.78, 5) is 17.9. The lowest BCUT2D eigenvalue weighted by atomic mass is 10.0. The number of rotatable bonds is 1. The number of nitrogens with zero attached hydrogens (tertiary/aromatic N) is 2. The molecule has 1 atom stereocenters. The Morgan fingerprint density at radius 1 is 1.47 bits per heavy atom. The number of pyridine rings is 1. The highest BCUT2D eigenvalue weighted by Gasteiger charge is 2.22. The maximum atomic E-state index is 12.2. The Bertz CT molecular complexity index is 406. The smallest absolute Gasteiger partial charge is 0.276 e. The minimum absolute atomic E-state index is 0.0326. The van der Waals surface area contributed by atoms with Crippen molar-refractivity contribution in [3.05, 3.63) is 24.0 Å². The molecule has 1 aliphatic heterocycles. The maximum absolute atomic E-state index is 12.2. The predicted octanol–water partition coefficient (Wildman–Crippen LogP) is 2.05. The van der Waals surface area contributed by atoms with Crippen LogP contribution in [0, 0.1) is 5.92 Å². The lowest BCUT2D eigenvalue weighted by Gasteiger charge is -2.20. The molecule has 1 N–H and O–H groups in total. The third kappa shape index (κ3) is 2.75. The van der Waals surface area contributed by atoms with Crippen LogP contribution in [0.15, 0.2) is 18.3 Å². The molecule has 0 bridgehead atoms. The average molecular weight is 234 g/mol. The fourth-order valence-corrected chi connectivity index (χ4v) is 2.18. The number of hydrogen-bond donors (Lipinski definition) is 1. The maximum Gasteiger partial charge on any atom is 0.276 e. The topological polar surface area (TPSA) is 53.4 Å². The second-order valence-corrected chi connectivity index (χ2v) is 4.70. The molecule has 1 amide bonds. The zero-order valence-electron chi connectivity index (χ0n) is 10.1. The Hall–Kier alpha value is -1.58. The van der Waals surface area contributed by atoms with Gasteiger partial charge in [-0.1, -0.05) is 6.92 Å². The third-order valence-corrected chi connectivity index (χ3v) is 3.29. The summed E-state index contributed by atoms with van der Waals surface area (Å²) in [5.74, 6) is 0.483. The van der Waals surface area contributed by atoms with Crippen LogP contribution in [-0.2, 0) is 0 Å². The van der Waals surface area contributed by atoms with Crippen LogP contribution in [0.3, 0.4) is 0 Å². The second kappa shape index (κ2) is 5.17. The summed E-state index contributed by atoms with van der Waals surface area (Å²) in [6, 6.07) is 3.12. The predicted molar refractivity (Wildman–Crippen MR) is 64.8 cm³/mol. The lowest BCUT2D eigenvalue weighted by Crippen LogP contribution is -2.32. The minimum atomic E-state index is -0.155. The van der Waals surface area contributed by atoms with Crippen molar-refractivity contribution in [2.45, 2.75) is 26.2 Å². The molecule has 0 radical (unpaired) electrons. The van der Waals surface area contributed by atoms with Crippen LogP contribution < -0.4 is 0 Å². The quantitative estimate of drug-likeness (QED) is 0.809. The third-order valence-electron chi connectivity index (χ3n) is 3.29. The van der Waals surface area contributed by atoms with Crippen molar-refractivity contribution in [1.29, 1.82) is 0 Å². The van der Waals surface area contributed by atoms with Crippen molar-refractivity contribution in [2.24, 2.45) is 5.92 Å². The number of hydrogen-bond acceptors (Lipinski definition) is 3. The number of amides is 1. The largest absolute Gasteiger partial charge is 0.505 e. The summed E-state index contributed by atoms with van der Waals surface area (Å²) < 4.78 is 0. The molecule has 92 valence electrons. The van der Waals surface area contributed by atoms with Gasteiger partial charge in [0.05, 0.1) is 0 Å². The van der Waals surface area contributed by atoms with Gasteiger partial charge in [-0.05, 0) is 37.3 Å². The fraction of sp³-hybridized carbons (Fsp3) is 0.538. The molecule has 0 aliphatic carbocycles. The van der Waals surface area contributed by atoms with Gasteiger partial charge in [0.1, 0.15) is 5.75 Å². The monoisotopic (exact) mass is 234 g/mol. The van der Waals surface area contributed by atoms with E-state index < -0.39 is 0 Å². The Morgan fingerprint density at radius 2 is 2.29 bits per heavy atom. The van der Waals surface area contributed by atoms with Crippen LogP contribution >= 0.6 is 0 Å². The first kappa shape index (κ1) is 11.9. The van der Waals surface area contributed by atoms with Crippen LogP contribution in [0.25, 0.3) is 0 Å². The Morgan fingerprint density at radius 3 is 3.06 bits per heavy atom. The standard InChI is InChI=1S/C13H18N2O2/c1-10-4-3-8-15(9-6-10)13(17)12-11(16)5-2-7-14-12/h2,5,7,10,16H,3-4,6,8-9H2,1H3. The first-order valence-corrected chi connectivity index (χ1v) is 6.11. The molecule has 1 aromatic heterocycles. The van der Waals surface area contributed by atoms with Crippen LogP contribution in [-0.4, -0.2) is 34.0 Å². The van der Waals surface area contributed by atoms with Gasteiger partial charge >= 0.3 is 0 Å². The van der Waals surface area contributed by atoms with Crippen molar-refractivity contribution in [3.63, 3.8) is 0 Å². The normalized spacial score (nSPS) is 21.0. The summed E-state index contributed by atoms with van der Waals surface area (Å²) in [5, 5.41) is 9.62. The van der Waals surface area contributed by atoms with E-state index in [9.17, 15) is 9.90 Å². The minimum Gasteiger partial charge on any atom is -0.505 e. The summed E-state index contributed by atoms with van der Waals surface area (Å²) in [6.07, 6.45) is 4.76. The summed E-state index contributed by atoms with van der Waals surface area (Å²) >= 11 is 0. The number of likely N-dealkylation sites (tertiary alicyclic amines) is 1. The summed E-state index contributed by atoms with van der Waals surface area (Å²) in [6.45, 7) is 3.74. The van der Waals surface area contributed by atoms with E-state index in [0.29, 0.717) is 5.92 Å². The van der Waals surface area contributed by atoms with Gasteiger partial charge in [-0.3, -0.25) is 4.79 Å². The fourth-order valence-electron chi connectivity index (χ4n) is 2.18. The number of carbonyl (C=O) groups is 1. The molecule has 1 saturated heterocycles. The van der Waals surface area contributed by atoms with E-state index in [1.807, 2.05) is 0 Å². The molecule has 4 heteroatoms. The van der Waals surface area contributed by atoms with Gasteiger partial charge in [0.25, 0.3) is 5.91 Å². The first-order valence-electron chi connectivity index (χ1n) is 6.11. The van der Waals surface area contributed by atoms with Gasteiger partial charge in [-0.2, -0.15) is 0 Å². The molecule has 0 aromatic carbocycles. The number of carbonyl (C=O) groups excluding carboxylic acids is 1. The Balaban J connectivity index is 2.12. The summed E-state index contributed by atoms with van der Waals surface area (Å²) in [7, 11) is 0. The first-order chi connectivity index (χ1) is 8.18. The van der Waals surface area contributed by atoms with Crippen molar-refractivity contribution < 1.29 is 9.90 Å². The molecule has 17 heavy (non-hydrogen) atoms. The van der Waals surface area contributed by atoms with Crippen molar-refractivity contribution in [2.75, 3.05) is 13.1 Å². The number of aromatic hydroxyl groups is 1. The Kier molecular flexibility index (Phi) is 3.61. The van der Waals surface area contributed by atoms with E-state index in [-0.39, 0.29) is 17.4 Å². The van der Waals surface area contributed by atoms with Crippen LogP contribution in [0.5, 0.6) is 5.75 Å². The molecule has 1 aromatic rings. The molecule has 4 nitrogen and oxygen atoms in total. The van der Waals surface area contributed by atoms with Gasteiger partial charge in [-0.25, -0.2) is 4.98 Å². The molecule has 0 saturated carbocycles. The van der Waals surface area contributed by atoms with E-state index in [4.69, 9.17) is 0 Å². The van der Waals surface area contributed by atoms with E-state index in [2.05, 4.69) is 11.9 Å². The SMILES string of the molecule is CC1CCCN(C(=O)c2ncccc2O)CC1. The highest BCUT2D eigenvalue weighted by atomic mass is 16.3. The van der Waals surface area contributed by atoms with E-state index in [1.165, 1.54) is 12.3 Å². The highest BCUT2D eigenvalue weighted by Crippen LogP contribution is 2.20. The van der Waals surface area contributed by atoms with Crippen molar-refractivity contribution >= 4 is 5.91 Å². The van der Waals surface area contributed by atoms with Gasteiger partial charge in [-0.15, -0.1) is 0 Å². The zero-order valence-corrected chi connectivity index (χ0v) is 10.1. The molecule has 1 unspecified atom stereocenters. The van der Waals surface area contributed by atoms with E-state index >= 15 is 0 Å². The van der Waals surface area contributed by atoms with Gasteiger partial charge in [0.2, 0.25) is 0 Å². The van der Waals surface area contributed by atoms with Crippen molar-refractivity contribution in [1.82, 2.24) is 9.88 Å². The Labute approximate surface area is 101 Å².